The first-order chi connectivity index (χ1) is 15.8. The van der Waals surface area contributed by atoms with Crippen LogP contribution < -0.4 is 5.69 Å². The second kappa shape index (κ2) is 11.0. The van der Waals surface area contributed by atoms with Crippen molar-refractivity contribution < 1.29 is 0 Å². The van der Waals surface area contributed by atoms with Gasteiger partial charge in [-0.3, -0.25) is 4.57 Å². The summed E-state index contributed by atoms with van der Waals surface area (Å²) >= 11 is 0. The molecular formula is C27H33ClN4O. The summed E-state index contributed by atoms with van der Waals surface area (Å²) in [5.41, 5.74) is 5.60. The van der Waals surface area contributed by atoms with Crippen LogP contribution in [0.3, 0.4) is 0 Å². The van der Waals surface area contributed by atoms with E-state index in [0.717, 1.165) is 64.1 Å². The summed E-state index contributed by atoms with van der Waals surface area (Å²) in [5, 5.41) is 4.65. The van der Waals surface area contributed by atoms with E-state index in [9.17, 15) is 4.79 Å². The summed E-state index contributed by atoms with van der Waals surface area (Å²) in [6, 6.07) is 21.5. The third-order valence-corrected chi connectivity index (χ3v) is 6.85. The topological polar surface area (TPSA) is 43.1 Å². The number of piperidine rings is 1. The van der Waals surface area contributed by atoms with E-state index in [4.69, 9.17) is 0 Å². The highest BCUT2D eigenvalue weighted by atomic mass is 35.5. The summed E-state index contributed by atoms with van der Waals surface area (Å²) in [7, 11) is 0. The summed E-state index contributed by atoms with van der Waals surface area (Å²) in [4.78, 5) is 15.2. The van der Waals surface area contributed by atoms with E-state index in [1.807, 2.05) is 4.57 Å². The van der Waals surface area contributed by atoms with Gasteiger partial charge < -0.3 is 4.90 Å². The summed E-state index contributed by atoms with van der Waals surface area (Å²) in [6.45, 7) is 4.45. The lowest BCUT2D eigenvalue weighted by atomic mass is 9.88. The van der Waals surface area contributed by atoms with Gasteiger partial charge in [-0.25, -0.2) is 9.48 Å². The van der Waals surface area contributed by atoms with Crippen LogP contribution in [0.2, 0.25) is 0 Å². The quantitative estimate of drug-likeness (QED) is 0.545. The molecule has 0 N–H and O–H groups in total. The highest BCUT2D eigenvalue weighted by molar-refractivity contribution is 5.85. The number of hydrogen-bond acceptors (Lipinski definition) is 3. The first kappa shape index (κ1) is 23.5. The Hall–Kier alpha value is -2.63. The maximum absolute atomic E-state index is 12.7. The Balaban J connectivity index is 0.00000259. The summed E-state index contributed by atoms with van der Waals surface area (Å²) in [6.07, 6.45) is 6.48. The van der Waals surface area contributed by atoms with Crippen molar-refractivity contribution in [3.05, 3.63) is 93.7 Å². The van der Waals surface area contributed by atoms with Crippen molar-refractivity contribution in [2.24, 2.45) is 0 Å². The van der Waals surface area contributed by atoms with Gasteiger partial charge in [-0.15, -0.1) is 12.4 Å². The van der Waals surface area contributed by atoms with E-state index in [2.05, 4.69) is 70.7 Å². The molecule has 6 heteroatoms. The van der Waals surface area contributed by atoms with Gasteiger partial charge >= 0.3 is 5.69 Å². The van der Waals surface area contributed by atoms with Crippen molar-refractivity contribution in [1.82, 2.24) is 19.2 Å². The van der Waals surface area contributed by atoms with Crippen molar-refractivity contribution in [3.63, 3.8) is 0 Å². The first-order valence-electron chi connectivity index (χ1n) is 12.0. The monoisotopic (exact) mass is 464 g/mol. The van der Waals surface area contributed by atoms with Crippen LogP contribution in [0.5, 0.6) is 0 Å². The number of benzene rings is 2. The number of aryl methyl sites for hydroxylation is 1. The number of nitrogens with zero attached hydrogens (tertiary/aromatic N) is 4. The lowest BCUT2D eigenvalue weighted by molar-refractivity contribution is 0.241. The molecule has 1 aromatic heterocycles. The van der Waals surface area contributed by atoms with E-state index in [1.165, 1.54) is 28.7 Å². The smallest absolute Gasteiger partial charge is 0.301 e. The van der Waals surface area contributed by atoms with Gasteiger partial charge in [0.2, 0.25) is 0 Å². The maximum atomic E-state index is 12.7. The van der Waals surface area contributed by atoms with Crippen molar-refractivity contribution in [2.45, 2.75) is 51.6 Å². The van der Waals surface area contributed by atoms with Crippen LogP contribution in [-0.2, 0) is 19.5 Å². The van der Waals surface area contributed by atoms with Crippen LogP contribution in [0.4, 0.5) is 0 Å². The molecule has 2 aliphatic rings. The molecule has 0 radical (unpaired) electrons. The fourth-order valence-electron chi connectivity index (χ4n) is 5.09. The molecule has 1 fully saturated rings. The largest absolute Gasteiger partial charge is 0.345 e. The van der Waals surface area contributed by atoms with Crippen LogP contribution in [0.25, 0.3) is 5.57 Å². The second-order valence-electron chi connectivity index (χ2n) is 8.94. The molecule has 3 aromatic rings. The summed E-state index contributed by atoms with van der Waals surface area (Å²) in [5.74, 6) is 0.978. The van der Waals surface area contributed by atoms with E-state index in [-0.39, 0.29) is 18.1 Å². The number of rotatable bonds is 5. The summed E-state index contributed by atoms with van der Waals surface area (Å²) < 4.78 is 3.60. The highest BCUT2D eigenvalue weighted by Crippen LogP contribution is 2.32. The zero-order valence-electron chi connectivity index (χ0n) is 19.2. The lowest BCUT2D eigenvalue weighted by Crippen LogP contribution is -2.36. The van der Waals surface area contributed by atoms with Gasteiger partial charge in [-0.2, -0.15) is 5.10 Å². The van der Waals surface area contributed by atoms with E-state index in [1.54, 1.807) is 4.68 Å². The Morgan fingerprint density at radius 2 is 1.39 bits per heavy atom. The van der Waals surface area contributed by atoms with Crippen molar-refractivity contribution in [1.29, 1.82) is 0 Å². The number of fused-ring (bicyclic) bond motifs is 1. The molecule has 0 saturated carbocycles. The van der Waals surface area contributed by atoms with Gasteiger partial charge in [0.05, 0.1) is 6.54 Å². The fourth-order valence-corrected chi connectivity index (χ4v) is 5.09. The maximum Gasteiger partial charge on any atom is 0.345 e. The van der Waals surface area contributed by atoms with Crippen LogP contribution in [0, 0.1) is 0 Å². The molecule has 2 aromatic carbocycles. The number of likely N-dealkylation sites (tertiary alicyclic amines) is 1. The number of aromatic nitrogens is 3. The van der Waals surface area contributed by atoms with Gasteiger partial charge in [0.15, 0.2) is 0 Å². The minimum absolute atomic E-state index is 0. The lowest BCUT2D eigenvalue weighted by Gasteiger charge is -2.30. The molecule has 0 bridgehead atoms. The molecule has 5 rings (SSSR count). The Morgan fingerprint density at radius 1 is 0.758 bits per heavy atom. The van der Waals surface area contributed by atoms with Crippen molar-refractivity contribution in [2.75, 3.05) is 19.6 Å². The third kappa shape index (κ3) is 5.31. The standard InChI is InChI=1S/C27H32N4O.ClH/c32-27-30-17-9-3-8-14-25(30)28-31(27)21-20-29-18-15-24(16-19-29)26(22-10-4-1-5-11-22)23-12-6-2-7-13-23;/h1-2,4-7,10-13H,3,8-9,14-21H2;1H. The van der Waals surface area contributed by atoms with Gasteiger partial charge in [0, 0.05) is 32.6 Å². The second-order valence-corrected chi connectivity index (χ2v) is 8.94. The zero-order chi connectivity index (χ0) is 21.8. The van der Waals surface area contributed by atoms with Crippen molar-refractivity contribution >= 4 is 18.0 Å². The molecule has 0 unspecified atom stereocenters. The Labute approximate surface area is 202 Å². The molecule has 0 atom stereocenters. The molecule has 0 aliphatic carbocycles. The fraction of sp³-hybridized carbons (Fsp3) is 0.407. The first-order valence-corrected chi connectivity index (χ1v) is 12.0. The Morgan fingerprint density at radius 3 is 2.03 bits per heavy atom. The molecule has 2 aliphatic heterocycles. The SMILES string of the molecule is Cl.O=c1n(CCN2CCC(=C(c3ccccc3)c3ccccc3)CC2)nc2n1CCCCC2. The molecule has 174 valence electrons. The van der Waals surface area contributed by atoms with Crippen molar-refractivity contribution in [3.8, 4) is 0 Å². The Kier molecular flexibility index (Phi) is 7.84. The van der Waals surface area contributed by atoms with Gasteiger partial charge in [0.25, 0.3) is 0 Å². The van der Waals surface area contributed by atoms with Crippen LogP contribution in [0.1, 0.15) is 49.1 Å². The number of halogens is 1. The minimum Gasteiger partial charge on any atom is -0.301 e. The third-order valence-electron chi connectivity index (χ3n) is 6.85. The molecule has 1 saturated heterocycles. The average molecular weight is 465 g/mol. The number of hydrogen-bond donors (Lipinski definition) is 0. The van der Waals surface area contributed by atoms with E-state index >= 15 is 0 Å². The van der Waals surface area contributed by atoms with Gasteiger partial charge in [-0.05, 0) is 42.4 Å². The van der Waals surface area contributed by atoms with E-state index in [0.29, 0.717) is 6.54 Å². The van der Waals surface area contributed by atoms with Crippen LogP contribution in [0.15, 0.2) is 71.0 Å². The average Bonchev–Trinajstić information content (AvgIpc) is 2.99. The normalized spacial score (nSPS) is 16.5. The van der Waals surface area contributed by atoms with Gasteiger partial charge in [0.1, 0.15) is 5.82 Å². The van der Waals surface area contributed by atoms with Crippen LogP contribution in [-0.4, -0.2) is 38.9 Å². The highest BCUT2D eigenvalue weighted by Gasteiger charge is 2.20. The van der Waals surface area contributed by atoms with Crippen LogP contribution >= 0.6 is 12.4 Å². The molecule has 33 heavy (non-hydrogen) atoms. The Bertz CT molecular complexity index is 1080. The molecular weight excluding hydrogens is 432 g/mol. The van der Waals surface area contributed by atoms with Gasteiger partial charge in [-0.1, -0.05) is 72.7 Å². The molecule has 5 nitrogen and oxygen atoms in total. The zero-order valence-corrected chi connectivity index (χ0v) is 20.0. The van der Waals surface area contributed by atoms with E-state index < -0.39 is 0 Å². The molecule has 0 amide bonds. The minimum atomic E-state index is 0. The molecule has 0 spiro atoms. The predicted molar refractivity (Wildman–Crippen MR) is 136 cm³/mol. The molecule has 3 heterocycles. The predicted octanol–water partition coefficient (Wildman–Crippen LogP) is 4.79.